The molecule has 0 aliphatic rings. The van der Waals surface area contributed by atoms with Gasteiger partial charge < -0.3 is 15.8 Å². The molecule has 218 valence electrons. The number of halogens is 1. The fourth-order valence-corrected chi connectivity index (χ4v) is 4.92. The van der Waals surface area contributed by atoms with Gasteiger partial charge in [0.2, 0.25) is 0 Å². The van der Waals surface area contributed by atoms with Gasteiger partial charge in [-0.15, -0.1) is 0 Å². The third-order valence-corrected chi connectivity index (χ3v) is 7.15. The van der Waals surface area contributed by atoms with Gasteiger partial charge in [-0.05, 0) is 54.1 Å². The van der Waals surface area contributed by atoms with Crippen molar-refractivity contribution in [3.8, 4) is 28.3 Å². The number of imidazole rings is 1. The number of fused-ring (bicyclic) bond motifs is 1. The van der Waals surface area contributed by atoms with Crippen LogP contribution >= 0.6 is 0 Å². The highest BCUT2D eigenvalue weighted by molar-refractivity contribution is 5.94. The first-order valence-electron chi connectivity index (χ1n) is 13.8. The normalized spacial score (nSPS) is 11.0. The topological polar surface area (TPSA) is 125 Å². The van der Waals surface area contributed by atoms with E-state index >= 15 is 4.39 Å². The van der Waals surface area contributed by atoms with Crippen LogP contribution in [-0.4, -0.2) is 38.5 Å². The van der Waals surface area contributed by atoms with Crippen molar-refractivity contribution < 1.29 is 18.7 Å². The van der Waals surface area contributed by atoms with Crippen LogP contribution in [0.1, 0.15) is 21.5 Å². The van der Waals surface area contributed by atoms with Crippen LogP contribution in [0.25, 0.3) is 39.5 Å². The number of ether oxygens (including phenoxy) is 1. The first kappa shape index (κ1) is 28.2. The summed E-state index contributed by atoms with van der Waals surface area (Å²) in [6.07, 6.45) is 1.64. The van der Waals surface area contributed by atoms with E-state index in [1.165, 1.54) is 13.2 Å². The Bertz CT molecular complexity index is 2010. The Morgan fingerprint density at radius 1 is 0.932 bits per heavy atom. The number of carbonyl (C=O) groups is 2. The first-order valence-corrected chi connectivity index (χ1v) is 13.8. The average molecular weight is 587 g/mol. The summed E-state index contributed by atoms with van der Waals surface area (Å²) in [6, 6.07) is 28.5. The van der Waals surface area contributed by atoms with Crippen molar-refractivity contribution in [1.82, 2.24) is 24.8 Å². The van der Waals surface area contributed by atoms with Crippen LogP contribution in [-0.2, 0) is 22.5 Å². The zero-order valence-corrected chi connectivity index (χ0v) is 23.7. The van der Waals surface area contributed by atoms with E-state index in [0.717, 1.165) is 11.3 Å². The summed E-state index contributed by atoms with van der Waals surface area (Å²) in [5.41, 5.74) is 11.4. The Labute approximate surface area is 252 Å². The van der Waals surface area contributed by atoms with Gasteiger partial charge in [0, 0.05) is 29.4 Å². The molecule has 3 heterocycles. The maximum absolute atomic E-state index is 15.6. The van der Waals surface area contributed by atoms with Crippen LogP contribution in [0, 0.1) is 5.82 Å². The molecule has 0 fully saturated rings. The lowest BCUT2D eigenvalue weighted by Gasteiger charge is -2.13. The predicted molar refractivity (Wildman–Crippen MR) is 165 cm³/mol. The Kier molecular flexibility index (Phi) is 7.79. The molecule has 0 spiro atoms. The van der Waals surface area contributed by atoms with Gasteiger partial charge in [0.1, 0.15) is 17.2 Å². The number of amides is 1. The third kappa shape index (κ3) is 5.73. The van der Waals surface area contributed by atoms with Gasteiger partial charge in [-0.1, -0.05) is 48.5 Å². The van der Waals surface area contributed by atoms with E-state index in [-0.39, 0.29) is 24.3 Å². The molecule has 0 radical (unpaired) electrons. The molecule has 3 aromatic carbocycles. The van der Waals surface area contributed by atoms with E-state index in [1.54, 1.807) is 59.3 Å². The van der Waals surface area contributed by atoms with E-state index in [0.29, 0.717) is 39.4 Å². The van der Waals surface area contributed by atoms with Crippen LogP contribution in [0.3, 0.4) is 0 Å². The number of esters is 1. The van der Waals surface area contributed by atoms with Crippen LogP contribution in [0.5, 0.6) is 0 Å². The molecule has 1 amide bonds. The second-order valence-corrected chi connectivity index (χ2v) is 10.0. The van der Waals surface area contributed by atoms with Gasteiger partial charge in [-0.3, -0.25) is 14.2 Å². The molecule has 0 aliphatic carbocycles. The molecular formula is C34H27FN6O3. The number of hydrogen-bond donors (Lipinski definition) is 2. The molecule has 6 aromatic rings. The molecule has 0 aliphatic heterocycles. The number of carbonyl (C=O) groups excluding carboxylic acids is 2. The fourth-order valence-electron chi connectivity index (χ4n) is 4.92. The van der Waals surface area contributed by atoms with Gasteiger partial charge in [-0.2, -0.15) is 0 Å². The van der Waals surface area contributed by atoms with Crippen molar-refractivity contribution in [3.05, 3.63) is 126 Å². The number of nitrogens with one attached hydrogen (secondary N) is 1. The average Bonchev–Trinajstić information content (AvgIpc) is 3.43. The highest BCUT2D eigenvalue weighted by atomic mass is 19.1. The number of rotatable bonds is 8. The van der Waals surface area contributed by atoms with E-state index in [4.69, 9.17) is 20.4 Å². The molecule has 10 heteroatoms. The van der Waals surface area contributed by atoms with Crippen LogP contribution < -0.4 is 11.1 Å². The quantitative estimate of drug-likeness (QED) is 0.225. The molecule has 3 aromatic heterocycles. The number of hydrogen-bond acceptors (Lipinski definition) is 7. The molecule has 0 bridgehead atoms. The number of aromatic nitrogens is 4. The van der Waals surface area contributed by atoms with Gasteiger partial charge in [0.25, 0.3) is 5.91 Å². The summed E-state index contributed by atoms with van der Waals surface area (Å²) >= 11 is 0. The van der Waals surface area contributed by atoms with E-state index in [9.17, 15) is 9.59 Å². The zero-order valence-electron chi connectivity index (χ0n) is 23.7. The Morgan fingerprint density at radius 3 is 2.55 bits per heavy atom. The number of nitrogen functional groups attached to an aromatic ring is 1. The monoisotopic (exact) mass is 586 g/mol. The van der Waals surface area contributed by atoms with Crippen molar-refractivity contribution in [2.45, 2.75) is 13.0 Å². The number of benzene rings is 3. The lowest BCUT2D eigenvalue weighted by atomic mass is 10.1. The summed E-state index contributed by atoms with van der Waals surface area (Å²) in [5, 5.41) is 2.75. The van der Waals surface area contributed by atoms with E-state index in [2.05, 4.69) is 10.3 Å². The molecule has 0 atom stereocenters. The number of anilines is 1. The Hall–Kier alpha value is -5.90. The standard InChI is InChI=1S/C34H27FN6O3/c1-44-30(42)18-21-7-5-10-23(17-21)34(43)38-20-24-12-13-25(19-27(24)35)41-32(26-11-6-16-37-31(26)36)40-29-15-14-28(39-33(29)41)22-8-3-2-4-9-22/h2-17,19H,18,20H2,1H3,(H2,36,37)(H,38,43). The summed E-state index contributed by atoms with van der Waals surface area (Å²) in [5.74, 6) is -0.573. The van der Waals surface area contributed by atoms with Crippen molar-refractivity contribution >= 4 is 28.9 Å². The lowest BCUT2D eigenvalue weighted by Crippen LogP contribution is -2.23. The fraction of sp³-hybridized carbons (Fsp3) is 0.0882. The second-order valence-electron chi connectivity index (χ2n) is 10.0. The molecular weight excluding hydrogens is 559 g/mol. The Balaban J connectivity index is 1.33. The summed E-state index contributed by atoms with van der Waals surface area (Å²) in [7, 11) is 1.31. The summed E-state index contributed by atoms with van der Waals surface area (Å²) in [6.45, 7) is -0.0460. The lowest BCUT2D eigenvalue weighted by molar-refractivity contribution is -0.139. The number of nitrogens with zero attached hydrogens (tertiary/aromatic N) is 4. The largest absolute Gasteiger partial charge is 0.469 e. The Morgan fingerprint density at radius 2 is 1.77 bits per heavy atom. The number of pyridine rings is 2. The second kappa shape index (κ2) is 12.1. The minimum Gasteiger partial charge on any atom is -0.469 e. The van der Waals surface area contributed by atoms with E-state index < -0.39 is 17.7 Å². The first-order chi connectivity index (χ1) is 21.4. The smallest absolute Gasteiger partial charge is 0.309 e. The highest BCUT2D eigenvalue weighted by Gasteiger charge is 2.20. The maximum Gasteiger partial charge on any atom is 0.309 e. The maximum atomic E-state index is 15.6. The van der Waals surface area contributed by atoms with Crippen molar-refractivity contribution in [2.24, 2.45) is 0 Å². The van der Waals surface area contributed by atoms with Crippen LogP contribution in [0.2, 0.25) is 0 Å². The van der Waals surface area contributed by atoms with Gasteiger partial charge in [0.05, 0.1) is 30.5 Å². The van der Waals surface area contributed by atoms with Crippen LogP contribution in [0.15, 0.2) is 103 Å². The predicted octanol–water partition coefficient (Wildman–Crippen LogP) is 5.52. The molecule has 0 unspecified atom stereocenters. The van der Waals surface area contributed by atoms with Gasteiger partial charge in [-0.25, -0.2) is 19.3 Å². The highest BCUT2D eigenvalue weighted by Crippen LogP contribution is 2.32. The van der Waals surface area contributed by atoms with Gasteiger partial charge >= 0.3 is 5.97 Å². The summed E-state index contributed by atoms with van der Waals surface area (Å²) < 4.78 is 22.1. The number of methoxy groups -OCH3 is 1. The van der Waals surface area contributed by atoms with Crippen LogP contribution in [0.4, 0.5) is 10.2 Å². The minimum atomic E-state index is -0.520. The molecule has 0 saturated heterocycles. The third-order valence-electron chi connectivity index (χ3n) is 7.15. The van der Waals surface area contributed by atoms with Crippen molar-refractivity contribution in [1.29, 1.82) is 0 Å². The summed E-state index contributed by atoms with van der Waals surface area (Å²) in [4.78, 5) is 38.4. The SMILES string of the molecule is COC(=O)Cc1cccc(C(=O)NCc2ccc(-n3c(-c4cccnc4N)nc4ccc(-c5ccccc5)nc43)cc2F)c1. The molecule has 9 nitrogen and oxygen atoms in total. The molecule has 6 rings (SSSR count). The van der Waals surface area contributed by atoms with Gasteiger partial charge in [0.15, 0.2) is 11.5 Å². The zero-order chi connectivity index (χ0) is 30.6. The van der Waals surface area contributed by atoms with E-state index in [1.807, 2.05) is 42.5 Å². The van der Waals surface area contributed by atoms with Crippen molar-refractivity contribution in [2.75, 3.05) is 12.8 Å². The molecule has 3 N–H and O–H groups in total. The molecule has 44 heavy (non-hydrogen) atoms. The molecule has 0 saturated carbocycles. The minimum absolute atomic E-state index is 0.0460. The van der Waals surface area contributed by atoms with Crippen molar-refractivity contribution in [3.63, 3.8) is 0 Å². The number of nitrogens with two attached hydrogens (primary N) is 1.